The summed E-state index contributed by atoms with van der Waals surface area (Å²) in [7, 11) is 0. The minimum atomic E-state index is -0.537. The van der Waals surface area contributed by atoms with E-state index in [9.17, 15) is 18.8 Å². The molecule has 1 aromatic heterocycles. The monoisotopic (exact) mass is 519 g/mol. The summed E-state index contributed by atoms with van der Waals surface area (Å²) in [5.41, 5.74) is 15.0. The summed E-state index contributed by atoms with van der Waals surface area (Å²) in [5, 5.41) is 7.25. The van der Waals surface area contributed by atoms with Crippen molar-refractivity contribution in [1.82, 2.24) is 9.88 Å². The molecule has 0 atom stereocenters. The summed E-state index contributed by atoms with van der Waals surface area (Å²) in [6, 6.07) is 10.2. The third kappa shape index (κ3) is 4.90. The van der Waals surface area contributed by atoms with Gasteiger partial charge in [-0.2, -0.15) is 0 Å². The Hall–Kier alpha value is -3.72. The molecule has 2 amide bonds. The van der Waals surface area contributed by atoms with Gasteiger partial charge in [0.15, 0.2) is 0 Å². The van der Waals surface area contributed by atoms with Gasteiger partial charge in [0, 0.05) is 40.8 Å². The lowest BCUT2D eigenvalue weighted by Gasteiger charge is -2.31. The Morgan fingerprint density at radius 3 is 2.45 bits per heavy atom. The third-order valence-electron chi connectivity index (χ3n) is 7.76. The maximum Gasteiger partial charge on any atom is 0.250 e. The van der Waals surface area contributed by atoms with Gasteiger partial charge in [0.1, 0.15) is 5.82 Å². The first-order valence-corrected chi connectivity index (χ1v) is 13.1. The number of hydrogen-bond donors (Lipinski definition) is 4. The fourth-order valence-corrected chi connectivity index (χ4v) is 6.02. The number of aromatic nitrogens is 1. The van der Waals surface area contributed by atoms with Crippen molar-refractivity contribution in [2.24, 2.45) is 16.9 Å². The molecule has 5 rings (SSSR count). The second kappa shape index (κ2) is 9.87. The van der Waals surface area contributed by atoms with Gasteiger partial charge in [-0.05, 0) is 73.4 Å². The van der Waals surface area contributed by atoms with E-state index in [1.54, 1.807) is 16.7 Å². The highest BCUT2D eigenvalue weighted by Gasteiger charge is 2.35. The van der Waals surface area contributed by atoms with E-state index < -0.39 is 11.7 Å². The number of fused-ring (bicyclic) bond motifs is 3. The van der Waals surface area contributed by atoms with Gasteiger partial charge in [-0.15, -0.1) is 0 Å². The minimum Gasteiger partial charge on any atom is -0.382 e. The van der Waals surface area contributed by atoms with Crippen LogP contribution in [0.5, 0.6) is 0 Å². The van der Waals surface area contributed by atoms with Gasteiger partial charge in [0.2, 0.25) is 11.8 Å². The van der Waals surface area contributed by atoms with Crippen LogP contribution in [-0.2, 0) is 11.2 Å². The highest BCUT2D eigenvalue weighted by Crippen LogP contribution is 2.43. The Morgan fingerprint density at radius 2 is 1.76 bits per heavy atom. The van der Waals surface area contributed by atoms with Crippen LogP contribution in [0.15, 0.2) is 36.4 Å². The summed E-state index contributed by atoms with van der Waals surface area (Å²) >= 11 is 0. The van der Waals surface area contributed by atoms with Gasteiger partial charge in [0.05, 0.1) is 17.6 Å². The molecule has 200 valence electrons. The van der Waals surface area contributed by atoms with E-state index in [0.717, 1.165) is 47.9 Å². The number of carbonyl (C=O) groups excluding carboxylic acids is 3. The van der Waals surface area contributed by atoms with Crippen LogP contribution in [0.4, 0.5) is 10.1 Å². The van der Waals surface area contributed by atoms with Gasteiger partial charge in [-0.3, -0.25) is 19.0 Å². The van der Waals surface area contributed by atoms with Crippen molar-refractivity contribution in [2.45, 2.75) is 64.5 Å². The first-order chi connectivity index (χ1) is 18.1. The number of carbonyl (C=O) groups is 3. The van der Waals surface area contributed by atoms with Gasteiger partial charge in [-0.1, -0.05) is 19.9 Å². The van der Waals surface area contributed by atoms with Gasteiger partial charge in [-0.25, -0.2) is 4.39 Å². The Bertz CT molecular complexity index is 1440. The number of anilines is 1. The summed E-state index contributed by atoms with van der Waals surface area (Å²) in [6.45, 7) is 4.10. The van der Waals surface area contributed by atoms with Crippen LogP contribution < -0.4 is 22.1 Å². The van der Waals surface area contributed by atoms with Gasteiger partial charge >= 0.3 is 0 Å². The number of primary amides is 1. The Morgan fingerprint density at radius 1 is 1.05 bits per heavy atom. The zero-order valence-electron chi connectivity index (χ0n) is 21.8. The second-order valence-electron chi connectivity index (χ2n) is 11.3. The summed E-state index contributed by atoms with van der Waals surface area (Å²) in [6.07, 6.45) is 4.25. The van der Waals surface area contributed by atoms with Crippen LogP contribution in [0.1, 0.15) is 66.8 Å². The zero-order chi connectivity index (χ0) is 27.2. The average Bonchev–Trinajstić information content (AvgIpc) is 3.17. The van der Waals surface area contributed by atoms with E-state index in [1.165, 1.54) is 12.1 Å². The molecule has 2 aromatic carbocycles. The molecule has 1 saturated carbocycles. The fraction of sp³-hybridized carbons (Fsp3) is 0.414. The SMILES string of the molecule is CC1(C)CC(=O)n2c(c(-c3ccc(C(N)=O)c(NC4CCC(NC(=O)CN)CC4)c3)c3ccc(F)cc32)C1. The lowest BCUT2D eigenvalue weighted by molar-refractivity contribution is -0.120. The second-order valence-corrected chi connectivity index (χ2v) is 11.3. The number of hydrogen-bond acceptors (Lipinski definition) is 5. The van der Waals surface area contributed by atoms with Crippen molar-refractivity contribution in [3.8, 4) is 11.1 Å². The number of benzene rings is 2. The van der Waals surface area contributed by atoms with Gasteiger partial charge in [0.25, 0.3) is 5.91 Å². The lowest BCUT2D eigenvalue weighted by atomic mass is 9.80. The molecule has 3 aromatic rings. The molecule has 2 aliphatic rings. The molecule has 2 heterocycles. The first-order valence-electron chi connectivity index (χ1n) is 13.1. The first kappa shape index (κ1) is 25.9. The standard InChI is InChI=1S/C29H34FN5O3/c1-29(2)13-24-27(21-10-4-17(30)12-23(21)35(24)26(37)14-29)16-3-9-20(28(32)38)22(11-16)33-18-5-7-19(8-6-18)34-25(36)15-31/h3-4,9-12,18-19,33H,5-8,13-15,31H2,1-2H3,(H2,32,38)(H,34,36). The van der Waals surface area contributed by atoms with Crippen LogP contribution in [0, 0.1) is 11.2 Å². The topological polar surface area (TPSA) is 132 Å². The number of halogens is 1. The van der Waals surface area contributed by atoms with Gasteiger partial charge < -0.3 is 22.1 Å². The van der Waals surface area contributed by atoms with E-state index in [1.807, 2.05) is 12.1 Å². The van der Waals surface area contributed by atoms with Crippen molar-refractivity contribution in [3.05, 3.63) is 53.5 Å². The van der Waals surface area contributed by atoms with Crippen LogP contribution in [-0.4, -0.2) is 40.9 Å². The molecule has 38 heavy (non-hydrogen) atoms. The molecule has 0 radical (unpaired) electrons. The summed E-state index contributed by atoms with van der Waals surface area (Å²) in [4.78, 5) is 37.2. The Labute approximate surface area is 220 Å². The summed E-state index contributed by atoms with van der Waals surface area (Å²) in [5.74, 6) is -1.14. The highest BCUT2D eigenvalue weighted by molar-refractivity contribution is 6.06. The minimum absolute atomic E-state index is 0.0270. The Kier molecular flexibility index (Phi) is 6.73. The molecule has 0 saturated heterocycles. The molecule has 0 spiro atoms. The van der Waals surface area contributed by atoms with Crippen LogP contribution in [0.2, 0.25) is 0 Å². The van der Waals surface area contributed by atoms with E-state index in [0.29, 0.717) is 29.6 Å². The molecule has 1 aliphatic heterocycles. The largest absolute Gasteiger partial charge is 0.382 e. The zero-order valence-corrected chi connectivity index (χ0v) is 21.8. The maximum absolute atomic E-state index is 14.3. The quantitative estimate of drug-likeness (QED) is 0.391. The van der Waals surface area contributed by atoms with Crippen molar-refractivity contribution in [3.63, 3.8) is 0 Å². The van der Waals surface area contributed by atoms with E-state index in [2.05, 4.69) is 24.5 Å². The van der Waals surface area contributed by atoms with Crippen molar-refractivity contribution >= 4 is 34.3 Å². The molecule has 6 N–H and O–H groups in total. The molecule has 8 nitrogen and oxygen atoms in total. The number of nitrogens with one attached hydrogen (secondary N) is 2. The van der Waals surface area contributed by atoms with Crippen molar-refractivity contribution < 1.29 is 18.8 Å². The van der Waals surface area contributed by atoms with E-state index >= 15 is 0 Å². The number of nitrogens with zero attached hydrogens (tertiary/aromatic N) is 1. The Balaban J connectivity index is 1.53. The maximum atomic E-state index is 14.3. The highest BCUT2D eigenvalue weighted by atomic mass is 19.1. The predicted octanol–water partition coefficient (Wildman–Crippen LogP) is 3.96. The lowest BCUT2D eigenvalue weighted by Crippen LogP contribution is -2.42. The molecule has 9 heteroatoms. The molecule has 1 fully saturated rings. The fourth-order valence-electron chi connectivity index (χ4n) is 6.02. The van der Waals surface area contributed by atoms with E-state index in [-0.39, 0.29) is 35.9 Å². The molecule has 1 aliphatic carbocycles. The normalized spacial score (nSPS) is 20.7. The van der Waals surface area contributed by atoms with Crippen LogP contribution in [0.3, 0.4) is 0 Å². The number of nitrogens with two attached hydrogens (primary N) is 2. The van der Waals surface area contributed by atoms with Crippen molar-refractivity contribution in [2.75, 3.05) is 11.9 Å². The molecule has 0 bridgehead atoms. The summed E-state index contributed by atoms with van der Waals surface area (Å²) < 4.78 is 15.9. The van der Waals surface area contributed by atoms with Crippen LogP contribution in [0.25, 0.3) is 22.0 Å². The molecular formula is C29H34FN5O3. The number of rotatable bonds is 6. The molecule has 0 unspecified atom stereocenters. The number of amides is 2. The van der Waals surface area contributed by atoms with E-state index in [4.69, 9.17) is 11.5 Å². The smallest absolute Gasteiger partial charge is 0.250 e. The van der Waals surface area contributed by atoms with Crippen molar-refractivity contribution in [1.29, 1.82) is 0 Å². The predicted molar refractivity (Wildman–Crippen MR) is 145 cm³/mol. The third-order valence-corrected chi connectivity index (χ3v) is 7.76. The molecular weight excluding hydrogens is 485 g/mol. The van der Waals surface area contributed by atoms with Crippen LogP contribution >= 0.6 is 0 Å². The average molecular weight is 520 g/mol.